The fourth-order valence-corrected chi connectivity index (χ4v) is 6.37. The monoisotopic (exact) mass is 525 g/mol. The van der Waals surface area contributed by atoms with Gasteiger partial charge in [-0.2, -0.15) is 0 Å². The van der Waals surface area contributed by atoms with Gasteiger partial charge in [0.25, 0.3) is 0 Å². The van der Waals surface area contributed by atoms with Gasteiger partial charge >= 0.3 is 0 Å². The Hall–Kier alpha value is -3.04. The van der Waals surface area contributed by atoms with Gasteiger partial charge in [-0.15, -0.1) is 0 Å². The number of ether oxygens (including phenoxy) is 1. The molecule has 0 unspecified atom stereocenters. The molecule has 37 heavy (non-hydrogen) atoms. The molecule has 0 bridgehead atoms. The van der Waals surface area contributed by atoms with Crippen molar-refractivity contribution >= 4 is 35.0 Å². The lowest BCUT2D eigenvalue weighted by molar-refractivity contribution is 0.00966. The third-order valence-corrected chi connectivity index (χ3v) is 8.32. The number of nitrogens with one attached hydrogen (secondary N) is 1. The first kappa shape index (κ1) is 24.3. The molecule has 4 heteroatoms. The van der Waals surface area contributed by atoms with E-state index in [1.807, 2.05) is 36.4 Å². The molecular formula is C33H29Cl2NO. The highest BCUT2D eigenvalue weighted by Gasteiger charge is 2.60. The number of hydrogen-bond acceptors (Lipinski definition) is 2. The summed E-state index contributed by atoms with van der Waals surface area (Å²) in [6.45, 7) is 5.28. The van der Waals surface area contributed by atoms with E-state index < -0.39 is 5.60 Å². The Morgan fingerprint density at radius 2 is 1.49 bits per heavy atom. The number of halogens is 2. The van der Waals surface area contributed by atoms with Crippen LogP contribution in [0.5, 0.6) is 0 Å². The molecule has 0 aromatic heterocycles. The van der Waals surface area contributed by atoms with Crippen LogP contribution in [0.25, 0.3) is 17.2 Å². The van der Waals surface area contributed by atoms with Gasteiger partial charge in [-0.25, -0.2) is 0 Å². The Morgan fingerprint density at radius 3 is 2.19 bits per heavy atom. The number of fused-ring (bicyclic) bond motifs is 3. The van der Waals surface area contributed by atoms with Crippen LogP contribution in [0.1, 0.15) is 36.6 Å². The van der Waals surface area contributed by atoms with Crippen LogP contribution in [0, 0.1) is 11.3 Å². The number of para-hydroxylation sites is 1. The highest BCUT2D eigenvalue weighted by molar-refractivity contribution is 6.30. The molecule has 1 fully saturated rings. The van der Waals surface area contributed by atoms with E-state index in [0.29, 0.717) is 6.61 Å². The molecule has 4 aromatic rings. The average molecular weight is 527 g/mol. The lowest BCUT2D eigenvalue weighted by Crippen LogP contribution is -2.46. The van der Waals surface area contributed by atoms with E-state index in [1.165, 1.54) is 22.3 Å². The molecular weight excluding hydrogens is 497 g/mol. The highest BCUT2D eigenvalue weighted by atomic mass is 35.5. The van der Waals surface area contributed by atoms with Crippen molar-refractivity contribution < 1.29 is 4.74 Å². The summed E-state index contributed by atoms with van der Waals surface area (Å²) in [4.78, 5) is 0. The van der Waals surface area contributed by atoms with Gasteiger partial charge in [-0.05, 0) is 52.4 Å². The SMILES string of the molecule is CC1(C)CO[C@@]2(/C=C/c3ccc(Cl)cc3)c3cccc(-c4ccccc4)c3N[C@H](c3ccc(Cl)cc3)[C@@H]12. The fraction of sp³-hybridized carbons (Fsp3) is 0.212. The maximum Gasteiger partial charge on any atom is 0.119 e. The van der Waals surface area contributed by atoms with Crippen molar-refractivity contribution in [3.05, 3.63) is 130 Å². The Kier molecular flexibility index (Phi) is 6.15. The highest BCUT2D eigenvalue weighted by Crippen LogP contribution is 2.62. The second-order valence-corrected chi connectivity index (χ2v) is 11.6. The number of hydrogen-bond donors (Lipinski definition) is 1. The van der Waals surface area contributed by atoms with Gasteiger partial charge in [0.2, 0.25) is 0 Å². The third kappa shape index (κ3) is 4.28. The normalized spacial score (nSPS) is 23.9. The minimum Gasteiger partial charge on any atom is -0.377 e. The Bertz CT molecular complexity index is 1440. The maximum atomic E-state index is 6.92. The second kappa shape index (κ2) is 9.36. The predicted octanol–water partition coefficient (Wildman–Crippen LogP) is 9.41. The molecule has 0 aliphatic carbocycles. The van der Waals surface area contributed by atoms with Gasteiger partial charge in [0, 0.05) is 32.8 Å². The van der Waals surface area contributed by atoms with Crippen molar-refractivity contribution in [2.24, 2.45) is 11.3 Å². The third-order valence-electron chi connectivity index (χ3n) is 7.81. The first-order valence-corrected chi connectivity index (χ1v) is 13.4. The molecule has 0 spiro atoms. The van der Waals surface area contributed by atoms with Crippen LogP contribution in [-0.4, -0.2) is 6.61 Å². The van der Waals surface area contributed by atoms with Crippen LogP contribution in [0.4, 0.5) is 5.69 Å². The zero-order valence-corrected chi connectivity index (χ0v) is 22.4. The zero-order chi connectivity index (χ0) is 25.6. The topological polar surface area (TPSA) is 21.3 Å². The quantitative estimate of drug-likeness (QED) is 0.286. The van der Waals surface area contributed by atoms with Gasteiger partial charge in [-0.3, -0.25) is 0 Å². The lowest BCUT2D eigenvalue weighted by atomic mass is 9.62. The molecule has 1 N–H and O–H groups in total. The van der Waals surface area contributed by atoms with E-state index in [-0.39, 0.29) is 17.4 Å². The van der Waals surface area contributed by atoms with Gasteiger partial charge in [-0.1, -0.05) is 116 Å². The largest absolute Gasteiger partial charge is 0.377 e. The van der Waals surface area contributed by atoms with Crippen molar-refractivity contribution in [1.29, 1.82) is 0 Å². The molecule has 1 saturated heterocycles. The van der Waals surface area contributed by atoms with E-state index in [1.54, 1.807) is 0 Å². The standard InChI is InChI=1S/C33H29Cl2NO/c1-32(2)21-37-33(20-19-22-11-15-25(34)16-12-22)28-10-6-9-27(23-7-4-3-5-8-23)30(28)36-29(31(32)33)24-13-17-26(35)18-14-24/h3-20,29,31,36H,21H2,1-2H3/b20-19+/t29-,31+,33+/m1/s1. The van der Waals surface area contributed by atoms with Crippen molar-refractivity contribution in [2.75, 3.05) is 11.9 Å². The molecule has 0 amide bonds. The van der Waals surface area contributed by atoms with Crippen LogP contribution < -0.4 is 5.32 Å². The summed E-state index contributed by atoms with van der Waals surface area (Å²) in [7, 11) is 0. The van der Waals surface area contributed by atoms with Crippen molar-refractivity contribution in [3.8, 4) is 11.1 Å². The van der Waals surface area contributed by atoms with Crippen LogP contribution in [0.3, 0.4) is 0 Å². The van der Waals surface area contributed by atoms with Crippen LogP contribution >= 0.6 is 23.2 Å². The molecule has 6 rings (SSSR count). The molecule has 2 aliphatic rings. The van der Waals surface area contributed by atoms with Crippen molar-refractivity contribution in [2.45, 2.75) is 25.5 Å². The van der Waals surface area contributed by atoms with E-state index in [9.17, 15) is 0 Å². The number of rotatable bonds is 4. The van der Waals surface area contributed by atoms with E-state index >= 15 is 0 Å². The molecule has 2 nitrogen and oxygen atoms in total. The van der Waals surface area contributed by atoms with E-state index in [2.05, 4.69) is 92.0 Å². The van der Waals surface area contributed by atoms with Crippen LogP contribution in [0.2, 0.25) is 10.0 Å². The summed E-state index contributed by atoms with van der Waals surface area (Å²) < 4.78 is 6.92. The summed E-state index contributed by atoms with van der Waals surface area (Å²) in [5.74, 6) is 0.142. The first-order valence-electron chi connectivity index (χ1n) is 12.7. The summed E-state index contributed by atoms with van der Waals surface area (Å²) in [5.41, 5.74) is 6.22. The van der Waals surface area contributed by atoms with Gasteiger partial charge < -0.3 is 10.1 Å². The van der Waals surface area contributed by atoms with Crippen molar-refractivity contribution in [1.82, 2.24) is 0 Å². The maximum absolute atomic E-state index is 6.92. The molecule has 2 heterocycles. The van der Waals surface area contributed by atoms with Gasteiger partial charge in [0.1, 0.15) is 5.60 Å². The van der Waals surface area contributed by atoms with E-state index in [4.69, 9.17) is 27.9 Å². The summed E-state index contributed by atoms with van der Waals surface area (Å²) >= 11 is 12.5. The van der Waals surface area contributed by atoms with Crippen LogP contribution in [-0.2, 0) is 10.3 Å². The van der Waals surface area contributed by atoms with E-state index in [0.717, 1.165) is 21.3 Å². The van der Waals surface area contributed by atoms with Crippen LogP contribution in [0.15, 0.2) is 103 Å². The lowest BCUT2D eigenvalue weighted by Gasteiger charge is -2.48. The molecule has 186 valence electrons. The predicted molar refractivity (Wildman–Crippen MR) is 155 cm³/mol. The zero-order valence-electron chi connectivity index (χ0n) is 20.9. The number of benzene rings is 4. The molecule has 0 saturated carbocycles. The summed E-state index contributed by atoms with van der Waals surface area (Å²) in [6.07, 6.45) is 4.45. The Labute approximate surface area is 228 Å². The fourth-order valence-electron chi connectivity index (χ4n) is 6.12. The molecule has 0 radical (unpaired) electrons. The average Bonchev–Trinajstić information content (AvgIpc) is 3.20. The molecule has 2 aliphatic heterocycles. The first-order chi connectivity index (χ1) is 17.9. The van der Waals surface area contributed by atoms with Gasteiger partial charge in [0.15, 0.2) is 0 Å². The van der Waals surface area contributed by atoms with Gasteiger partial charge in [0.05, 0.1) is 12.6 Å². The molecule has 3 atom stereocenters. The molecule has 4 aromatic carbocycles. The summed E-state index contributed by atoms with van der Waals surface area (Å²) in [6, 6.07) is 33.3. The minimum atomic E-state index is -0.612. The second-order valence-electron chi connectivity index (χ2n) is 10.7. The Balaban J connectivity index is 1.59. The Morgan fingerprint density at radius 1 is 0.811 bits per heavy atom. The summed E-state index contributed by atoms with van der Waals surface area (Å²) in [5, 5.41) is 5.45. The van der Waals surface area contributed by atoms with Crippen molar-refractivity contribution in [3.63, 3.8) is 0 Å². The number of anilines is 1. The smallest absolute Gasteiger partial charge is 0.119 e. The minimum absolute atomic E-state index is 0.0296.